The van der Waals surface area contributed by atoms with Crippen molar-refractivity contribution in [2.45, 2.75) is 6.04 Å². The molecule has 0 fully saturated rings. The number of hydrogen-bond acceptors (Lipinski definition) is 4. The van der Waals surface area contributed by atoms with Crippen molar-refractivity contribution in [3.63, 3.8) is 0 Å². The summed E-state index contributed by atoms with van der Waals surface area (Å²) in [4.78, 5) is 8.38. The molecule has 0 bridgehead atoms. The second kappa shape index (κ2) is 5.36. The third kappa shape index (κ3) is 2.39. The van der Waals surface area contributed by atoms with Crippen LogP contribution in [0.2, 0.25) is 0 Å². The molecule has 0 aliphatic rings. The molecule has 0 amide bonds. The van der Waals surface area contributed by atoms with E-state index in [0.29, 0.717) is 6.54 Å². The summed E-state index contributed by atoms with van der Waals surface area (Å²) in [6.45, 7) is 0.411. The Morgan fingerprint density at radius 1 is 0.900 bits per heavy atom. The molecule has 4 heteroatoms. The summed E-state index contributed by atoms with van der Waals surface area (Å²) < 4.78 is 0. The Morgan fingerprint density at radius 2 is 1.80 bits per heavy atom. The van der Waals surface area contributed by atoms with Crippen molar-refractivity contribution in [3.8, 4) is 11.1 Å². The lowest BCUT2D eigenvalue weighted by Gasteiger charge is -2.10. The van der Waals surface area contributed by atoms with Gasteiger partial charge in [0.05, 0.1) is 0 Å². The molecule has 4 N–H and O–H groups in total. The van der Waals surface area contributed by atoms with E-state index in [0.717, 1.165) is 27.5 Å². The van der Waals surface area contributed by atoms with Gasteiger partial charge in [-0.05, 0) is 34.7 Å². The fraction of sp³-hybridized carbons (Fsp3) is 0.125. The van der Waals surface area contributed by atoms with Crippen LogP contribution in [0.3, 0.4) is 0 Å². The standard InChI is InChI=1S/C16H16N4/c17-7-16(18)15-6-14(9-20-10-15)11-1-2-13-8-19-4-3-12(13)5-11/h1-6,8-10,16H,7,17-18H2. The van der Waals surface area contributed by atoms with Crippen LogP contribution in [0, 0.1) is 0 Å². The van der Waals surface area contributed by atoms with Crippen LogP contribution < -0.4 is 11.5 Å². The summed E-state index contributed by atoms with van der Waals surface area (Å²) in [7, 11) is 0. The van der Waals surface area contributed by atoms with Crippen LogP contribution in [0.1, 0.15) is 11.6 Å². The quantitative estimate of drug-likeness (QED) is 0.760. The van der Waals surface area contributed by atoms with Crippen molar-refractivity contribution < 1.29 is 0 Å². The number of fused-ring (bicyclic) bond motifs is 1. The highest BCUT2D eigenvalue weighted by molar-refractivity contribution is 5.86. The van der Waals surface area contributed by atoms with E-state index < -0.39 is 0 Å². The average Bonchev–Trinajstić information content (AvgIpc) is 2.53. The van der Waals surface area contributed by atoms with E-state index in [-0.39, 0.29) is 6.04 Å². The maximum atomic E-state index is 5.96. The zero-order valence-electron chi connectivity index (χ0n) is 11.0. The predicted molar refractivity (Wildman–Crippen MR) is 81.0 cm³/mol. The first-order valence-electron chi connectivity index (χ1n) is 6.52. The SMILES string of the molecule is NCC(N)c1cncc(-c2ccc3cnccc3c2)c1. The summed E-state index contributed by atoms with van der Waals surface area (Å²) in [6, 6.07) is 10.1. The first kappa shape index (κ1) is 12.7. The van der Waals surface area contributed by atoms with Crippen LogP contribution in [-0.2, 0) is 0 Å². The topological polar surface area (TPSA) is 77.8 Å². The lowest BCUT2D eigenvalue weighted by atomic mass is 10.0. The minimum Gasteiger partial charge on any atom is -0.329 e. The highest BCUT2D eigenvalue weighted by atomic mass is 14.7. The van der Waals surface area contributed by atoms with Gasteiger partial charge in [0.1, 0.15) is 0 Å². The Morgan fingerprint density at radius 3 is 2.65 bits per heavy atom. The Labute approximate surface area is 117 Å². The molecule has 0 aliphatic heterocycles. The molecule has 1 unspecified atom stereocenters. The highest BCUT2D eigenvalue weighted by Gasteiger charge is 2.06. The summed E-state index contributed by atoms with van der Waals surface area (Å²) >= 11 is 0. The summed E-state index contributed by atoms with van der Waals surface area (Å²) in [5.41, 5.74) is 14.7. The number of hydrogen-bond donors (Lipinski definition) is 2. The molecule has 100 valence electrons. The molecule has 0 spiro atoms. The van der Waals surface area contributed by atoms with Gasteiger partial charge in [0.25, 0.3) is 0 Å². The van der Waals surface area contributed by atoms with E-state index in [9.17, 15) is 0 Å². The van der Waals surface area contributed by atoms with E-state index in [4.69, 9.17) is 11.5 Å². The van der Waals surface area contributed by atoms with E-state index >= 15 is 0 Å². The van der Waals surface area contributed by atoms with Gasteiger partial charge in [-0.1, -0.05) is 12.1 Å². The van der Waals surface area contributed by atoms with E-state index in [1.165, 1.54) is 0 Å². The predicted octanol–water partition coefficient (Wildman–Crippen LogP) is 2.26. The molecule has 0 saturated carbocycles. The molecule has 2 heterocycles. The molecular weight excluding hydrogens is 248 g/mol. The van der Waals surface area contributed by atoms with Crippen LogP contribution >= 0.6 is 0 Å². The fourth-order valence-electron chi connectivity index (χ4n) is 2.22. The highest BCUT2D eigenvalue weighted by Crippen LogP contribution is 2.25. The molecule has 0 radical (unpaired) electrons. The van der Waals surface area contributed by atoms with Crippen molar-refractivity contribution in [2.24, 2.45) is 11.5 Å². The largest absolute Gasteiger partial charge is 0.329 e. The molecule has 1 atom stereocenters. The Kier molecular flexibility index (Phi) is 3.41. The first-order chi connectivity index (χ1) is 9.78. The smallest absolute Gasteiger partial charge is 0.0435 e. The number of aromatic nitrogens is 2. The normalized spacial score (nSPS) is 12.5. The monoisotopic (exact) mass is 264 g/mol. The molecule has 2 aromatic heterocycles. The van der Waals surface area contributed by atoms with Gasteiger partial charge in [-0.3, -0.25) is 9.97 Å². The van der Waals surface area contributed by atoms with Gasteiger partial charge >= 0.3 is 0 Å². The summed E-state index contributed by atoms with van der Waals surface area (Å²) in [6.07, 6.45) is 7.27. The molecule has 3 aromatic rings. The van der Waals surface area contributed by atoms with Gasteiger partial charge in [0.2, 0.25) is 0 Å². The van der Waals surface area contributed by atoms with E-state index in [1.54, 1.807) is 12.4 Å². The number of nitrogens with two attached hydrogens (primary N) is 2. The van der Waals surface area contributed by atoms with Crippen LogP contribution in [0.15, 0.2) is 55.1 Å². The maximum absolute atomic E-state index is 5.96. The number of rotatable bonds is 3. The Bertz CT molecular complexity index is 739. The van der Waals surface area contributed by atoms with Gasteiger partial charge in [0.15, 0.2) is 0 Å². The summed E-state index contributed by atoms with van der Waals surface area (Å²) in [5, 5.41) is 2.28. The van der Waals surface area contributed by atoms with E-state index in [1.807, 2.05) is 24.5 Å². The van der Waals surface area contributed by atoms with E-state index in [2.05, 4.69) is 28.2 Å². The number of pyridine rings is 2. The van der Waals surface area contributed by atoms with Gasteiger partial charge < -0.3 is 11.5 Å². The van der Waals surface area contributed by atoms with Crippen molar-refractivity contribution in [2.75, 3.05) is 6.54 Å². The Balaban J connectivity index is 2.06. The Hall–Kier alpha value is -2.30. The third-order valence-corrected chi connectivity index (χ3v) is 3.42. The van der Waals surface area contributed by atoms with Gasteiger partial charge in [-0.25, -0.2) is 0 Å². The fourth-order valence-corrected chi connectivity index (χ4v) is 2.22. The van der Waals surface area contributed by atoms with Crippen molar-refractivity contribution >= 4 is 10.8 Å². The molecule has 0 aliphatic carbocycles. The second-order valence-electron chi connectivity index (χ2n) is 4.79. The van der Waals surface area contributed by atoms with Gasteiger partial charge in [-0.2, -0.15) is 0 Å². The van der Waals surface area contributed by atoms with Gasteiger partial charge in [-0.15, -0.1) is 0 Å². The molecule has 20 heavy (non-hydrogen) atoms. The minimum absolute atomic E-state index is 0.174. The van der Waals surface area contributed by atoms with Crippen molar-refractivity contribution in [1.29, 1.82) is 0 Å². The second-order valence-corrected chi connectivity index (χ2v) is 4.79. The lowest BCUT2D eigenvalue weighted by Crippen LogP contribution is -2.20. The van der Waals surface area contributed by atoms with Crippen molar-refractivity contribution in [3.05, 3.63) is 60.7 Å². The van der Waals surface area contributed by atoms with Crippen LogP contribution in [0.25, 0.3) is 21.9 Å². The maximum Gasteiger partial charge on any atom is 0.0435 e. The molecular formula is C16H16N4. The minimum atomic E-state index is -0.174. The molecule has 3 rings (SSSR count). The van der Waals surface area contributed by atoms with Crippen LogP contribution in [0.4, 0.5) is 0 Å². The van der Waals surface area contributed by atoms with Crippen LogP contribution in [0.5, 0.6) is 0 Å². The third-order valence-electron chi connectivity index (χ3n) is 3.42. The molecule has 1 aromatic carbocycles. The van der Waals surface area contributed by atoms with Crippen molar-refractivity contribution in [1.82, 2.24) is 9.97 Å². The first-order valence-corrected chi connectivity index (χ1v) is 6.52. The number of benzene rings is 1. The molecule has 0 saturated heterocycles. The molecule has 4 nitrogen and oxygen atoms in total. The average molecular weight is 264 g/mol. The zero-order chi connectivity index (χ0) is 13.9. The van der Waals surface area contributed by atoms with Crippen LogP contribution in [-0.4, -0.2) is 16.5 Å². The lowest BCUT2D eigenvalue weighted by molar-refractivity contribution is 0.733. The van der Waals surface area contributed by atoms with Gasteiger partial charge in [0, 0.05) is 48.3 Å². The number of nitrogens with zero attached hydrogens (tertiary/aromatic N) is 2. The zero-order valence-corrected chi connectivity index (χ0v) is 11.0. The summed E-state index contributed by atoms with van der Waals surface area (Å²) in [5.74, 6) is 0.